The number of fused-ring (bicyclic) bond motifs is 1. The Balaban J connectivity index is 2.36. The molecule has 7 heteroatoms. The number of sulfone groups is 1. The molecule has 0 saturated carbocycles. The highest BCUT2D eigenvalue weighted by molar-refractivity contribution is 7.91. The molecule has 0 fully saturated rings. The fourth-order valence-corrected chi connectivity index (χ4v) is 6.41. The summed E-state index contributed by atoms with van der Waals surface area (Å²) in [6, 6.07) is 1.97. The Morgan fingerprint density at radius 2 is 1.93 bits per heavy atom. The number of amides is 1. The molecule has 2 aliphatic rings. The van der Waals surface area contributed by atoms with Crippen LogP contribution in [0.1, 0.15) is 49.4 Å². The van der Waals surface area contributed by atoms with E-state index < -0.39 is 15.4 Å². The lowest BCUT2D eigenvalue weighted by molar-refractivity contribution is -0.124. The van der Waals surface area contributed by atoms with Crippen LogP contribution in [0.25, 0.3) is 5.57 Å². The number of carbonyl (C=O) groups is 1. The van der Waals surface area contributed by atoms with Crippen molar-refractivity contribution in [2.45, 2.75) is 51.5 Å². The minimum Gasteiger partial charge on any atom is -0.374 e. The molecule has 1 atom stereocenters. The zero-order valence-electron chi connectivity index (χ0n) is 16.9. The standard InChI is InChI=1S/C20H26N2O4S/c1-11-10-15(12(2)16-14(4)21-22(6)19(16)23)13(3)18-17(11)20(5,26-7)8-9-27(18,24)25/h10H,8-9H2,1-7H3/b16-12-. The number of hydrazone groups is 1. The second-order valence-corrected chi connectivity index (χ2v) is 9.63. The highest BCUT2D eigenvalue weighted by Gasteiger charge is 2.42. The van der Waals surface area contributed by atoms with Crippen molar-refractivity contribution in [3.05, 3.63) is 33.9 Å². The number of hydrogen-bond donors (Lipinski definition) is 0. The number of allylic oxidation sites excluding steroid dienone is 1. The van der Waals surface area contributed by atoms with E-state index in [1.54, 1.807) is 21.1 Å². The quantitative estimate of drug-likeness (QED) is 0.728. The molecule has 0 radical (unpaired) electrons. The van der Waals surface area contributed by atoms with E-state index >= 15 is 0 Å². The van der Waals surface area contributed by atoms with Crippen LogP contribution < -0.4 is 0 Å². The molecule has 1 unspecified atom stereocenters. The van der Waals surface area contributed by atoms with Gasteiger partial charge in [-0.3, -0.25) is 4.79 Å². The molecule has 2 aliphatic heterocycles. The first-order valence-electron chi connectivity index (χ1n) is 8.92. The van der Waals surface area contributed by atoms with Gasteiger partial charge in [0.1, 0.15) is 0 Å². The summed E-state index contributed by atoms with van der Waals surface area (Å²) in [4.78, 5) is 12.9. The summed E-state index contributed by atoms with van der Waals surface area (Å²) in [5.41, 5.74) is 4.29. The maximum Gasteiger partial charge on any atom is 0.275 e. The van der Waals surface area contributed by atoms with Crippen molar-refractivity contribution in [3.63, 3.8) is 0 Å². The Bertz CT molecular complexity index is 1020. The van der Waals surface area contributed by atoms with Gasteiger partial charge in [-0.25, -0.2) is 13.4 Å². The molecule has 0 spiro atoms. The van der Waals surface area contributed by atoms with Gasteiger partial charge in [-0.1, -0.05) is 6.07 Å². The molecule has 2 heterocycles. The minimum atomic E-state index is -3.42. The zero-order chi connectivity index (χ0) is 20.3. The lowest BCUT2D eigenvalue weighted by atomic mass is 9.84. The molecule has 3 rings (SSSR count). The van der Waals surface area contributed by atoms with Gasteiger partial charge in [-0.05, 0) is 63.3 Å². The first-order chi connectivity index (χ1) is 12.4. The topological polar surface area (TPSA) is 76.0 Å². The Kier molecular flexibility index (Phi) is 4.59. The van der Waals surface area contributed by atoms with E-state index in [-0.39, 0.29) is 11.7 Å². The maximum absolute atomic E-state index is 13.0. The highest BCUT2D eigenvalue weighted by atomic mass is 32.2. The van der Waals surface area contributed by atoms with Gasteiger partial charge in [0.2, 0.25) is 0 Å². The van der Waals surface area contributed by atoms with Gasteiger partial charge < -0.3 is 4.74 Å². The SMILES string of the molecule is COC1(C)CCS(=O)(=O)c2c(C)c(/C(C)=C3\C(=O)N(C)N=C3C)cc(C)c21. The van der Waals surface area contributed by atoms with E-state index in [4.69, 9.17) is 4.74 Å². The number of carbonyl (C=O) groups excluding carboxylic acids is 1. The molecular formula is C20H26N2O4S. The summed E-state index contributed by atoms with van der Waals surface area (Å²) in [7, 11) is -0.190. The Hall–Kier alpha value is -1.99. The molecule has 6 nitrogen and oxygen atoms in total. The van der Waals surface area contributed by atoms with Crippen molar-refractivity contribution in [2.24, 2.45) is 5.10 Å². The molecule has 1 amide bonds. The number of rotatable bonds is 2. The number of ether oxygens (including phenoxy) is 1. The number of hydrogen-bond acceptors (Lipinski definition) is 5. The zero-order valence-corrected chi connectivity index (χ0v) is 17.7. The van der Waals surface area contributed by atoms with Crippen LogP contribution in [-0.4, -0.2) is 45.0 Å². The van der Waals surface area contributed by atoms with Crippen molar-refractivity contribution in [2.75, 3.05) is 19.9 Å². The first-order valence-corrected chi connectivity index (χ1v) is 10.6. The maximum atomic E-state index is 13.0. The van der Waals surface area contributed by atoms with Gasteiger partial charge in [0, 0.05) is 19.7 Å². The Labute approximate surface area is 160 Å². The summed E-state index contributed by atoms with van der Waals surface area (Å²) in [5, 5.41) is 5.52. The normalized spacial score (nSPS) is 26.1. The van der Waals surface area contributed by atoms with E-state index in [1.807, 2.05) is 33.8 Å². The van der Waals surface area contributed by atoms with Crippen LogP contribution in [0.4, 0.5) is 0 Å². The van der Waals surface area contributed by atoms with E-state index in [0.717, 1.165) is 22.3 Å². The van der Waals surface area contributed by atoms with Crippen molar-refractivity contribution >= 4 is 27.0 Å². The molecule has 146 valence electrons. The third kappa shape index (κ3) is 2.84. The minimum absolute atomic E-state index is 0.0475. The fraction of sp³-hybridized carbons (Fsp3) is 0.500. The smallest absolute Gasteiger partial charge is 0.275 e. The van der Waals surface area contributed by atoms with Gasteiger partial charge in [0.15, 0.2) is 9.84 Å². The Morgan fingerprint density at radius 3 is 2.44 bits per heavy atom. The van der Waals surface area contributed by atoms with Crippen LogP contribution in [-0.2, 0) is 25.0 Å². The predicted molar refractivity (Wildman–Crippen MR) is 105 cm³/mol. The molecule has 0 aliphatic carbocycles. The van der Waals surface area contributed by atoms with Crippen LogP contribution in [0, 0.1) is 13.8 Å². The summed E-state index contributed by atoms with van der Waals surface area (Å²) < 4.78 is 31.6. The third-order valence-electron chi connectivity index (χ3n) is 5.81. The van der Waals surface area contributed by atoms with Crippen LogP contribution in [0.3, 0.4) is 0 Å². The van der Waals surface area contributed by atoms with Gasteiger partial charge in [-0.15, -0.1) is 0 Å². The van der Waals surface area contributed by atoms with Crippen LogP contribution in [0.5, 0.6) is 0 Å². The van der Waals surface area contributed by atoms with Crippen molar-refractivity contribution in [1.82, 2.24) is 5.01 Å². The van der Waals surface area contributed by atoms with E-state index in [0.29, 0.717) is 28.2 Å². The van der Waals surface area contributed by atoms with E-state index in [9.17, 15) is 13.2 Å². The summed E-state index contributed by atoms with van der Waals surface area (Å²) >= 11 is 0. The highest BCUT2D eigenvalue weighted by Crippen LogP contribution is 2.44. The average Bonchev–Trinajstić information content (AvgIpc) is 2.85. The number of aryl methyl sites for hydroxylation is 1. The summed E-state index contributed by atoms with van der Waals surface area (Å²) in [6.07, 6.45) is 0.424. The van der Waals surface area contributed by atoms with Crippen LogP contribution >= 0.6 is 0 Å². The van der Waals surface area contributed by atoms with Gasteiger partial charge in [-0.2, -0.15) is 5.10 Å². The molecule has 27 heavy (non-hydrogen) atoms. The second kappa shape index (κ2) is 6.27. The molecule has 0 N–H and O–H groups in total. The molecule has 1 aromatic rings. The number of likely N-dealkylation sites (N-methyl/N-ethyl adjacent to an activating group) is 1. The van der Waals surface area contributed by atoms with Crippen LogP contribution in [0.2, 0.25) is 0 Å². The molecule has 0 saturated heterocycles. The number of methoxy groups -OCH3 is 1. The lowest BCUT2D eigenvalue weighted by Crippen LogP contribution is -2.36. The molecule has 0 bridgehead atoms. The van der Waals surface area contributed by atoms with Gasteiger partial charge >= 0.3 is 0 Å². The Morgan fingerprint density at radius 1 is 1.30 bits per heavy atom. The lowest BCUT2D eigenvalue weighted by Gasteiger charge is -2.37. The first kappa shape index (κ1) is 19.8. The molecule has 0 aromatic heterocycles. The van der Waals surface area contributed by atoms with Gasteiger partial charge in [0.05, 0.1) is 27.5 Å². The van der Waals surface area contributed by atoms with Crippen molar-refractivity contribution in [1.29, 1.82) is 0 Å². The predicted octanol–water partition coefficient (Wildman–Crippen LogP) is 2.96. The second-order valence-electron chi connectivity index (χ2n) is 7.59. The van der Waals surface area contributed by atoms with Crippen molar-refractivity contribution < 1.29 is 17.9 Å². The number of benzene rings is 1. The van der Waals surface area contributed by atoms with Crippen LogP contribution in [0.15, 0.2) is 21.6 Å². The third-order valence-corrected chi connectivity index (χ3v) is 7.69. The monoisotopic (exact) mass is 390 g/mol. The molecule has 1 aromatic carbocycles. The number of nitrogens with zero attached hydrogens (tertiary/aromatic N) is 2. The average molecular weight is 391 g/mol. The molecular weight excluding hydrogens is 364 g/mol. The fourth-order valence-electron chi connectivity index (χ4n) is 4.29. The van der Waals surface area contributed by atoms with E-state index in [2.05, 4.69) is 5.10 Å². The summed E-state index contributed by atoms with van der Waals surface area (Å²) in [6.45, 7) is 9.29. The largest absolute Gasteiger partial charge is 0.374 e. The van der Waals surface area contributed by atoms with Gasteiger partial charge in [0.25, 0.3) is 5.91 Å². The van der Waals surface area contributed by atoms with E-state index in [1.165, 1.54) is 5.01 Å². The summed E-state index contributed by atoms with van der Waals surface area (Å²) in [5.74, 6) is -0.129. The van der Waals surface area contributed by atoms with Crippen molar-refractivity contribution in [3.8, 4) is 0 Å².